The van der Waals surface area contributed by atoms with Crippen molar-refractivity contribution in [3.63, 3.8) is 0 Å². The highest BCUT2D eigenvalue weighted by atomic mass is 19.1. The SMILES string of the molecule is Fc1cc(F)c(OC2CCN(c3nc4cnccc4nc3NC3CC3)CC2)c(F)c1. The monoisotopic (exact) mass is 415 g/mol. The maximum absolute atomic E-state index is 13.9. The van der Waals surface area contributed by atoms with Gasteiger partial charge in [0.15, 0.2) is 29.0 Å². The summed E-state index contributed by atoms with van der Waals surface area (Å²) in [4.78, 5) is 15.7. The molecule has 0 unspecified atom stereocenters. The summed E-state index contributed by atoms with van der Waals surface area (Å²) in [7, 11) is 0. The van der Waals surface area contributed by atoms with Gasteiger partial charge in [0.05, 0.1) is 11.7 Å². The Bertz CT molecular complexity index is 1060. The van der Waals surface area contributed by atoms with Gasteiger partial charge in [-0.2, -0.15) is 0 Å². The highest BCUT2D eigenvalue weighted by Crippen LogP contribution is 2.33. The number of nitrogens with one attached hydrogen (secondary N) is 1. The van der Waals surface area contributed by atoms with Crippen LogP contribution >= 0.6 is 0 Å². The molecule has 1 saturated heterocycles. The zero-order valence-corrected chi connectivity index (χ0v) is 16.1. The van der Waals surface area contributed by atoms with Gasteiger partial charge < -0.3 is 15.0 Å². The summed E-state index contributed by atoms with van der Waals surface area (Å²) in [6, 6.07) is 3.50. The van der Waals surface area contributed by atoms with Crippen LogP contribution in [0.1, 0.15) is 25.7 Å². The quantitative estimate of drug-likeness (QED) is 0.678. The summed E-state index contributed by atoms with van der Waals surface area (Å²) >= 11 is 0. The number of hydrogen-bond donors (Lipinski definition) is 1. The molecular formula is C21H20F3N5O. The normalized spacial score (nSPS) is 17.4. The highest BCUT2D eigenvalue weighted by Gasteiger charge is 2.28. The largest absolute Gasteiger partial charge is 0.484 e. The average molecular weight is 415 g/mol. The van der Waals surface area contributed by atoms with Crippen LogP contribution < -0.4 is 15.0 Å². The second kappa shape index (κ2) is 7.62. The lowest BCUT2D eigenvalue weighted by Gasteiger charge is -2.33. The Hall–Kier alpha value is -3.10. The van der Waals surface area contributed by atoms with Crippen LogP contribution in [-0.4, -0.2) is 40.2 Å². The molecule has 1 N–H and O–H groups in total. The standard InChI is InChI=1S/C21H20F3N5O/c22-12-9-15(23)19(16(24)10-12)30-14-4-7-29(8-5-14)21-20(26-13-1-2-13)27-17-3-6-25-11-18(17)28-21/h3,6,9-11,13-14H,1-2,4-5,7-8H2,(H,26,27). The molecule has 1 aliphatic carbocycles. The van der Waals surface area contributed by atoms with Crippen LogP contribution in [0.15, 0.2) is 30.6 Å². The molecule has 5 rings (SSSR count). The summed E-state index contributed by atoms with van der Waals surface area (Å²) in [5.74, 6) is -2.06. The minimum Gasteiger partial charge on any atom is -0.484 e. The number of piperidine rings is 1. The minimum absolute atomic E-state index is 0.370. The van der Waals surface area contributed by atoms with Crippen LogP contribution in [0.3, 0.4) is 0 Å². The Labute approximate surface area is 171 Å². The molecule has 9 heteroatoms. The lowest BCUT2D eigenvalue weighted by atomic mass is 10.1. The second-order valence-electron chi connectivity index (χ2n) is 7.68. The molecule has 3 aromatic rings. The van der Waals surface area contributed by atoms with Crippen molar-refractivity contribution in [1.82, 2.24) is 15.0 Å². The maximum atomic E-state index is 13.9. The fourth-order valence-electron chi connectivity index (χ4n) is 3.63. The molecule has 30 heavy (non-hydrogen) atoms. The molecule has 2 aromatic heterocycles. The van der Waals surface area contributed by atoms with E-state index in [-0.39, 0.29) is 6.10 Å². The van der Waals surface area contributed by atoms with E-state index >= 15 is 0 Å². The topological polar surface area (TPSA) is 63.2 Å². The Morgan fingerprint density at radius 2 is 1.70 bits per heavy atom. The van der Waals surface area contributed by atoms with E-state index < -0.39 is 23.2 Å². The third-order valence-electron chi connectivity index (χ3n) is 5.36. The van der Waals surface area contributed by atoms with Crippen molar-refractivity contribution in [2.45, 2.75) is 37.8 Å². The molecule has 0 amide bonds. The van der Waals surface area contributed by atoms with Gasteiger partial charge in [0.25, 0.3) is 0 Å². The molecule has 2 fully saturated rings. The van der Waals surface area contributed by atoms with Gasteiger partial charge in [-0.3, -0.25) is 4.98 Å². The van der Waals surface area contributed by atoms with Gasteiger partial charge in [0.2, 0.25) is 0 Å². The number of hydrogen-bond acceptors (Lipinski definition) is 6. The van der Waals surface area contributed by atoms with Crippen molar-refractivity contribution in [3.05, 3.63) is 48.0 Å². The number of aromatic nitrogens is 3. The summed E-state index contributed by atoms with van der Waals surface area (Å²) in [5, 5.41) is 3.44. The summed E-state index contributed by atoms with van der Waals surface area (Å²) < 4.78 is 46.4. The first-order valence-corrected chi connectivity index (χ1v) is 10.0. The summed E-state index contributed by atoms with van der Waals surface area (Å²) in [5.41, 5.74) is 1.49. The molecular weight excluding hydrogens is 395 g/mol. The number of halogens is 3. The number of nitrogens with zero attached hydrogens (tertiary/aromatic N) is 4. The van der Waals surface area contributed by atoms with Gasteiger partial charge in [-0.15, -0.1) is 0 Å². The fraction of sp³-hybridized carbons (Fsp3) is 0.381. The van der Waals surface area contributed by atoms with Crippen molar-refractivity contribution < 1.29 is 17.9 Å². The molecule has 6 nitrogen and oxygen atoms in total. The molecule has 1 saturated carbocycles. The molecule has 0 atom stereocenters. The lowest BCUT2D eigenvalue weighted by molar-refractivity contribution is 0.156. The minimum atomic E-state index is -1.03. The zero-order chi connectivity index (χ0) is 20.7. The predicted octanol–water partition coefficient (Wildman–Crippen LogP) is 4.06. The number of pyridine rings is 1. The first kappa shape index (κ1) is 18.9. The molecule has 3 heterocycles. The van der Waals surface area contributed by atoms with Crippen LogP contribution in [-0.2, 0) is 0 Å². The van der Waals surface area contributed by atoms with Crippen molar-refractivity contribution in [2.75, 3.05) is 23.3 Å². The third-order valence-corrected chi connectivity index (χ3v) is 5.36. The Morgan fingerprint density at radius 1 is 0.967 bits per heavy atom. The smallest absolute Gasteiger partial charge is 0.191 e. The van der Waals surface area contributed by atoms with E-state index in [1.54, 1.807) is 12.4 Å². The van der Waals surface area contributed by atoms with E-state index in [4.69, 9.17) is 14.7 Å². The first-order chi connectivity index (χ1) is 14.6. The van der Waals surface area contributed by atoms with Gasteiger partial charge in [0.1, 0.15) is 17.4 Å². The van der Waals surface area contributed by atoms with Crippen molar-refractivity contribution >= 4 is 22.7 Å². The maximum Gasteiger partial charge on any atom is 0.191 e. The molecule has 1 aliphatic heterocycles. The molecule has 0 radical (unpaired) electrons. The van der Waals surface area contributed by atoms with E-state index in [1.807, 2.05) is 6.07 Å². The van der Waals surface area contributed by atoms with Gasteiger partial charge in [-0.05, 0) is 18.9 Å². The lowest BCUT2D eigenvalue weighted by Crippen LogP contribution is -2.39. The van der Waals surface area contributed by atoms with Gasteiger partial charge >= 0.3 is 0 Å². The van der Waals surface area contributed by atoms with Crippen LogP contribution in [0.2, 0.25) is 0 Å². The van der Waals surface area contributed by atoms with E-state index in [1.165, 1.54) is 0 Å². The summed E-state index contributed by atoms with van der Waals surface area (Å²) in [6.07, 6.45) is 6.32. The second-order valence-corrected chi connectivity index (χ2v) is 7.68. The predicted molar refractivity (Wildman–Crippen MR) is 106 cm³/mol. The van der Waals surface area contributed by atoms with E-state index in [9.17, 15) is 13.2 Å². The number of ether oxygens (including phenoxy) is 1. The van der Waals surface area contributed by atoms with Crippen LogP contribution in [0.5, 0.6) is 5.75 Å². The van der Waals surface area contributed by atoms with Gasteiger partial charge in [0, 0.05) is 50.3 Å². The van der Waals surface area contributed by atoms with Crippen LogP contribution in [0.25, 0.3) is 11.0 Å². The van der Waals surface area contributed by atoms with E-state index in [0.29, 0.717) is 49.6 Å². The Morgan fingerprint density at radius 3 is 2.40 bits per heavy atom. The number of rotatable bonds is 5. The molecule has 2 aliphatic rings. The van der Waals surface area contributed by atoms with E-state index in [0.717, 1.165) is 30.0 Å². The Balaban J connectivity index is 1.33. The molecule has 1 aromatic carbocycles. The van der Waals surface area contributed by atoms with Crippen molar-refractivity contribution in [1.29, 1.82) is 0 Å². The van der Waals surface area contributed by atoms with Crippen LogP contribution in [0, 0.1) is 17.5 Å². The first-order valence-electron chi connectivity index (χ1n) is 10.0. The zero-order valence-electron chi connectivity index (χ0n) is 16.1. The third kappa shape index (κ3) is 3.83. The van der Waals surface area contributed by atoms with Gasteiger partial charge in [-0.1, -0.05) is 0 Å². The van der Waals surface area contributed by atoms with Gasteiger partial charge in [-0.25, -0.2) is 23.1 Å². The molecule has 0 bridgehead atoms. The number of benzene rings is 1. The summed E-state index contributed by atoms with van der Waals surface area (Å²) in [6.45, 7) is 1.18. The van der Waals surface area contributed by atoms with Crippen LogP contribution in [0.4, 0.5) is 24.8 Å². The molecule has 156 valence electrons. The van der Waals surface area contributed by atoms with E-state index in [2.05, 4.69) is 15.2 Å². The fourth-order valence-corrected chi connectivity index (χ4v) is 3.63. The highest BCUT2D eigenvalue weighted by molar-refractivity contribution is 5.80. The number of fused-ring (bicyclic) bond motifs is 1. The number of anilines is 2. The Kier molecular flexibility index (Phi) is 4.80. The average Bonchev–Trinajstić information content (AvgIpc) is 3.55. The van der Waals surface area contributed by atoms with Crippen molar-refractivity contribution in [3.8, 4) is 5.75 Å². The molecule has 0 spiro atoms. The van der Waals surface area contributed by atoms with Crippen molar-refractivity contribution in [2.24, 2.45) is 0 Å².